The molecule has 1 nitrogen and oxygen atoms in total. The third kappa shape index (κ3) is 4.82. The van der Waals surface area contributed by atoms with Crippen LogP contribution in [0.4, 0.5) is 4.39 Å². The quantitative estimate of drug-likeness (QED) is 0.416. The number of unbranched alkanes of at least 4 members (excludes halogenated alkanes) is 2. The summed E-state index contributed by atoms with van der Waals surface area (Å²) in [6.45, 7) is 4.15. The van der Waals surface area contributed by atoms with Crippen molar-refractivity contribution in [2.75, 3.05) is 12.3 Å². The van der Waals surface area contributed by atoms with Crippen LogP contribution in [0.2, 0.25) is 0 Å². The molecule has 0 spiro atoms. The molecule has 1 unspecified atom stereocenters. The largest absolute Gasteiger partial charge is 0.320 e. The molecule has 0 aliphatic rings. The van der Waals surface area contributed by atoms with Crippen molar-refractivity contribution >= 4 is 7.14 Å². The Morgan fingerprint density at radius 2 is 1.32 bits per heavy atom. The maximum absolute atomic E-state index is 16.6. The summed E-state index contributed by atoms with van der Waals surface area (Å²) in [5, 5.41) is -1.79. The van der Waals surface area contributed by atoms with Crippen LogP contribution < -0.4 is 0 Å². The molecule has 0 aliphatic heterocycles. The first-order valence-corrected chi connectivity index (χ1v) is 11.5. The van der Waals surface area contributed by atoms with E-state index in [1.165, 1.54) is 0 Å². The maximum atomic E-state index is 16.6. The minimum absolute atomic E-state index is 0.183. The zero-order chi connectivity index (χ0) is 18.2. The summed E-state index contributed by atoms with van der Waals surface area (Å²) >= 11 is 0. The maximum Gasteiger partial charge on any atom is 0.192 e. The number of alkyl halides is 1. The van der Waals surface area contributed by atoms with Crippen LogP contribution in [0.15, 0.2) is 60.7 Å². The van der Waals surface area contributed by atoms with Gasteiger partial charge in [0.1, 0.15) is 7.14 Å². The first-order valence-electron chi connectivity index (χ1n) is 9.42. The summed E-state index contributed by atoms with van der Waals surface area (Å²) in [5.74, 6) is 0. The zero-order valence-corrected chi connectivity index (χ0v) is 16.4. The van der Waals surface area contributed by atoms with E-state index in [0.29, 0.717) is 17.9 Å². The topological polar surface area (TPSA) is 17.1 Å². The van der Waals surface area contributed by atoms with Crippen LogP contribution >= 0.6 is 7.14 Å². The van der Waals surface area contributed by atoms with Gasteiger partial charge in [-0.1, -0.05) is 87.4 Å². The van der Waals surface area contributed by atoms with Crippen LogP contribution in [-0.4, -0.2) is 12.3 Å². The van der Waals surface area contributed by atoms with Crippen LogP contribution in [-0.2, 0) is 16.4 Å². The highest BCUT2D eigenvalue weighted by Gasteiger charge is 2.48. The predicted molar refractivity (Wildman–Crippen MR) is 107 cm³/mol. The summed E-state index contributed by atoms with van der Waals surface area (Å²) in [5.41, 5.74) is 1.47. The van der Waals surface area contributed by atoms with Crippen molar-refractivity contribution in [3.05, 3.63) is 71.8 Å². The molecular formula is C22H30FOP. The minimum Gasteiger partial charge on any atom is -0.320 e. The molecule has 0 amide bonds. The Labute approximate surface area is 152 Å². The number of benzene rings is 2. The van der Waals surface area contributed by atoms with E-state index in [0.717, 1.165) is 31.2 Å². The van der Waals surface area contributed by atoms with Crippen molar-refractivity contribution < 1.29 is 8.96 Å². The zero-order valence-electron chi connectivity index (χ0n) is 15.5. The summed E-state index contributed by atoms with van der Waals surface area (Å²) in [7, 11) is -3.03. The fourth-order valence-electron chi connectivity index (χ4n) is 3.33. The first kappa shape index (κ1) is 19.9. The normalized spacial score (nSPS) is 14.2. The molecule has 3 heteroatoms. The molecule has 0 saturated carbocycles. The van der Waals surface area contributed by atoms with Gasteiger partial charge in [0.25, 0.3) is 0 Å². The van der Waals surface area contributed by atoms with Crippen molar-refractivity contribution in [3.8, 4) is 0 Å². The number of hydrogen-bond acceptors (Lipinski definition) is 1. The van der Waals surface area contributed by atoms with E-state index in [4.69, 9.17) is 0 Å². The van der Waals surface area contributed by atoms with Gasteiger partial charge in [-0.15, -0.1) is 0 Å². The van der Waals surface area contributed by atoms with Gasteiger partial charge in [-0.3, -0.25) is 0 Å². The lowest BCUT2D eigenvalue weighted by Gasteiger charge is -2.35. The molecule has 0 N–H and O–H groups in total. The molecule has 2 aromatic rings. The first-order chi connectivity index (χ1) is 12.1. The fraction of sp³-hybridized carbons (Fsp3) is 0.455. The van der Waals surface area contributed by atoms with E-state index in [-0.39, 0.29) is 6.42 Å². The van der Waals surface area contributed by atoms with Gasteiger partial charge in [-0.2, -0.15) is 0 Å². The Morgan fingerprint density at radius 1 is 0.840 bits per heavy atom. The van der Waals surface area contributed by atoms with Crippen molar-refractivity contribution in [1.29, 1.82) is 0 Å². The molecule has 0 heterocycles. The summed E-state index contributed by atoms with van der Waals surface area (Å²) in [6, 6.07) is 18.8. The van der Waals surface area contributed by atoms with Crippen molar-refractivity contribution in [1.82, 2.24) is 0 Å². The molecule has 136 valence electrons. The highest BCUT2D eigenvalue weighted by molar-refractivity contribution is 7.64. The predicted octanol–water partition coefficient (Wildman–Crippen LogP) is 7.01. The molecule has 0 radical (unpaired) electrons. The highest BCUT2D eigenvalue weighted by Crippen LogP contribution is 2.66. The lowest BCUT2D eigenvalue weighted by atomic mass is 10.0. The van der Waals surface area contributed by atoms with Crippen LogP contribution in [0.25, 0.3) is 0 Å². The molecule has 0 fully saturated rings. The van der Waals surface area contributed by atoms with Gasteiger partial charge in [-0.25, -0.2) is 4.39 Å². The molecule has 25 heavy (non-hydrogen) atoms. The van der Waals surface area contributed by atoms with Gasteiger partial charge in [0.2, 0.25) is 0 Å². The molecule has 2 rings (SSSR count). The number of halogens is 1. The second-order valence-electron chi connectivity index (χ2n) is 6.83. The van der Waals surface area contributed by atoms with E-state index in [9.17, 15) is 4.57 Å². The van der Waals surface area contributed by atoms with Crippen molar-refractivity contribution in [2.45, 2.75) is 51.4 Å². The Bertz CT molecular complexity index is 659. The Morgan fingerprint density at radius 3 is 1.80 bits per heavy atom. The monoisotopic (exact) mass is 360 g/mol. The summed E-state index contributed by atoms with van der Waals surface area (Å²) < 4.78 is 30.6. The van der Waals surface area contributed by atoms with E-state index in [1.807, 2.05) is 48.5 Å². The molecule has 0 bridgehead atoms. The van der Waals surface area contributed by atoms with E-state index >= 15 is 4.39 Å². The van der Waals surface area contributed by atoms with Gasteiger partial charge in [0.15, 0.2) is 5.41 Å². The minimum atomic E-state index is -3.03. The van der Waals surface area contributed by atoms with E-state index in [1.54, 1.807) is 12.1 Å². The Hall–Kier alpha value is -1.40. The standard InChI is InChI=1S/C22H30FOP/c1-3-5-17-25(24,18-6-4-2)22(23,21-15-11-8-12-16-21)19-20-13-9-7-10-14-20/h7-16H,3-6,17-19H2,1-2H3. The highest BCUT2D eigenvalue weighted by atomic mass is 31.2. The smallest absolute Gasteiger partial charge is 0.192 e. The molecule has 0 saturated heterocycles. The molecule has 0 aliphatic carbocycles. The van der Waals surface area contributed by atoms with Crippen LogP contribution in [0.1, 0.15) is 50.7 Å². The SMILES string of the molecule is CCCCP(=O)(CCCC)C(F)(Cc1ccccc1)c1ccccc1. The lowest BCUT2D eigenvalue weighted by Crippen LogP contribution is -2.27. The van der Waals surface area contributed by atoms with E-state index < -0.39 is 12.6 Å². The Balaban J connectivity index is 2.49. The van der Waals surface area contributed by atoms with Gasteiger partial charge >= 0.3 is 0 Å². The van der Waals surface area contributed by atoms with Crippen LogP contribution in [0, 0.1) is 0 Å². The summed E-state index contributed by atoms with van der Waals surface area (Å²) in [6.07, 6.45) is 4.66. The molecular weight excluding hydrogens is 330 g/mol. The average Bonchev–Trinajstić information content (AvgIpc) is 2.66. The van der Waals surface area contributed by atoms with Gasteiger partial charge < -0.3 is 4.57 Å². The van der Waals surface area contributed by atoms with Crippen LogP contribution in [0.5, 0.6) is 0 Å². The van der Waals surface area contributed by atoms with Gasteiger partial charge in [0.05, 0.1) is 0 Å². The Kier molecular flexibility index (Phi) is 7.44. The third-order valence-electron chi connectivity index (χ3n) is 4.89. The van der Waals surface area contributed by atoms with Crippen molar-refractivity contribution in [2.24, 2.45) is 0 Å². The molecule has 1 atom stereocenters. The number of hydrogen-bond donors (Lipinski definition) is 0. The summed E-state index contributed by atoms with van der Waals surface area (Å²) in [4.78, 5) is 0. The van der Waals surface area contributed by atoms with Crippen LogP contribution in [0.3, 0.4) is 0 Å². The second kappa shape index (κ2) is 9.34. The molecule has 2 aromatic carbocycles. The van der Waals surface area contributed by atoms with Gasteiger partial charge in [-0.05, 0) is 24.0 Å². The third-order valence-corrected chi connectivity index (χ3v) is 8.67. The second-order valence-corrected chi connectivity index (χ2v) is 10.2. The fourth-order valence-corrected chi connectivity index (χ4v) is 7.01. The average molecular weight is 360 g/mol. The van der Waals surface area contributed by atoms with E-state index in [2.05, 4.69) is 13.8 Å². The number of rotatable bonds is 10. The molecule has 0 aromatic heterocycles. The van der Waals surface area contributed by atoms with Gasteiger partial charge in [0, 0.05) is 18.7 Å². The lowest BCUT2D eigenvalue weighted by molar-refractivity contribution is 0.266. The van der Waals surface area contributed by atoms with Crippen molar-refractivity contribution in [3.63, 3.8) is 0 Å².